The smallest absolute Gasteiger partial charge is 0.0255 e. The molecule has 1 aliphatic rings. The van der Waals surface area contributed by atoms with Gasteiger partial charge in [0, 0.05) is 6.04 Å². The molecule has 1 rings (SSSR count). The maximum atomic E-state index is 3.51. The van der Waals surface area contributed by atoms with Crippen molar-refractivity contribution >= 4 is 0 Å². The van der Waals surface area contributed by atoms with Crippen LogP contribution in [-0.4, -0.2) is 6.04 Å². The lowest BCUT2D eigenvalue weighted by atomic mass is 9.97. The van der Waals surface area contributed by atoms with Gasteiger partial charge in [0.25, 0.3) is 0 Å². The average molecular weight is 181 g/mol. The van der Waals surface area contributed by atoms with Gasteiger partial charge in [0.1, 0.15) is 0 Å². The molecule has 1 fully saturated rings. The summed E-state index contributed by atoms with van der Waals surface area (Å²) in [6.07, 6.45) is 15.4. The molecule has 0 aromatic rings. The van der Waals surface area contributed by atoms with Gasteiger partial charge in [-0.25, -0.2) is 0 Å². The van der Waals surface area contributed by atoms with Crippen LogP contribution in [0.2, 0.25) is 0 Å². The van der Waals surface area contributed by atoms with E-state index < -0.39 is 0 Å². The van der Waals surface area contributed by atoms with Gasteiger partial charge >= 0.3 is 0 Å². The Morgan fingerprint density at radius 2 is 1.69 bits per heavy atom. The molecule has 13 heavy (non-hydrogen) atoms. The Labute approximate surface area is 82.6 Å². The van der Waals surface area contributed by atoms with Crippen LogP contribution in [0.4, 0.5) is 0 Å². The summed E-state index contributed by atoms with van der Waals surface area (Å²) in [6, 6.07) is 0.753. The molecule has 0 heterocycles. The van der Waals surface area contributed by atoms with E-state index in [1.165, 1.54) is 44.9 Å². The van der Waals surface area contributed by atoms with Crippen LogP contribution in [0.15, 0.2) is 12.3 Å². The molecule has 0 bridgehead atoms. The van der Waals surface area contributed by atoms with Crippen molar-refractivity contribution in [1.82, 2.24) is 5.32 Å². The van der Waals surface area contributed by atoms with Crippen molar-refractivity contribution in [2.75, 3.05) is 0 Å². The highest BCUT2D eigenvalue weighted by Crippen LogP contribution is 2.16. The molecule has 1 saturated carbocycles. The molecular weight excluding hydrogens is 158 g/mol. The molecule has 1 N–H and O–H groups in total. The standard InChI is InChI=1S/C12H23N/c1-2-3-11-13-12-9-7-5-4-6-8-10-12/h3,11-13H,2,4-10H2,1H3/b11-3+. The minimum atomic E-state index is 0.753. The van der Waals surface area contributed by atoms with Crippen LogP contribution in [0.3, 0.4) is 0 Å². The maximum absolute atomic E-state index is 3.51. The van der Waals surface area contributed by atoms with Crippen molar-refractivity contribution in [3.05, 3.63) is 12.3 Å². The van der Waals surface area contributed by atoms with Crippen LogP contribution in [0, 0.1) is 0 Å². The van der Waals surface area contributed by atoms with Crippen LogP contribution in [0.25, 0.3) is 0 Å². The zero-order valence-corrected chi connectivity index (χ0v) is 8.89. The van der Waals surface area contributed by atoms with E-state index in [9.17, 15) is 0 Å². The third-order valence-electron chi connectivity index (χ3n) is 2.79. The predicted octanol–water partition coefficient (Wildman–Crippen LogP) is 3.61. The Kier molecular flexibility index (Phi) is 5.71. The monoisotopic (exact) mass is 181 g/mol. The van der Waals surface area contributed by atoms with Gasteiger partial charge in [-0.2, -0.15) is 0 Å². The molecular formula is C12H23N. The van der Waals surface area contributed by atoms with Gasteiger partial charge in [0.15, 0.2) is 0 Å². The molecule has 0 unspecified atom stereocenters. The highest BCUT2D eigenvalue weighted by atomic mass is 14.9. The van der Waals surface area contributed by atoms with Gasteiger partial charge < -0.3 is 5.32 Å². The minimum absolute atomic E-state index is 0.753. The fourth-order valence-electron chi connectivity index (χ4n) is 1.94. The lowest BCUT2D eigenvalue weighted by Crippen LogP contribution is -2.24. The van der Waals surface area contributed by atoms with E-state index in [4.69, 9.17) is 0 Å². The van der Waals surface area contributed by atoms with Crippen LogP contribution >= 0.6 is 0 Å². The summed E-state index contributed by atoms with van der Waals surface area (Å²) < 4.78 is 0. The Balaban J connectivity index is 2.17. The van der Waals surface area contributed by atoms with E-state index in [0.29, 0.717) is 0 Å². The third-order valence-corrected chi connectivity index (χ3v) is 2.79. The van der Waals surface area contributed by atoms with Gasteiger partial charge in [0.2, 0.25) is 0 Å². The number of hydrogen-bond donors (Lipinski definition) is 1. The molecule has 0 spiro atoms. The second-order valence-corrected chi connectivity index (χ2v) is 4.02. The van der Waals surface area contributed by atoms with E-state index in [1.54, 1.807) is 0 Å². The molecule has 76 valence electrons. The van der Waals surface area contributed by atoms with Crippen LogP contribution in [-0.2, 0) is 0 Å². The summed E-state index contributed by atoms with van der Waals surface area (Å²) >= 11 is 0. The first-order valence-corrected chi connectivity index (χ1v) is 5.84. The number of rotatable bonds is 3. The van der Waals surface area contributed by atoms with Crippen molar-refractivity contribution < 1.29 is 0 Å². The summed E-state index contributed by atoms with van der Waals surface area (Å²) in [6.45, 7) is 2.18. The van der Waals surface area contributed by atoms with E-state index in [2.05, 4.69) is 24.5 Å². The van der Waals surface area contributed by atoms with E-state index in [-0.39, 0.29) is 0 Å². The molecule has 0 radical (unpaired) electrons. The second-order valence-electron chi connectivity index (χ2n) is 4.02. The van der Waals surface area contributed by atoms with Gasteiger partial charge in [0.05, 0.1) is 0 Å². The van der Waals surface area contributed by atoms with Gasteiger partial charge in [-0.1, -0.05) is 45.1 Å². The first-order chi connectivity index (χ1) is 6.43. The summed E-state index contributed by atoms with van der Waals surface area (Å²) in [5.74, 6) is 0. The summed E-state index contributed by atoms with van der Waals surface area (Å²) in [5.41, 5.74) is 0. The molecule has 0 aliphatic heterocycles. The highest BCUT2D eigenvalue weighted by Gasteiger charge is 2.08. The zero-order valence-electron chi connectivity index (χ0n) is 8.89. The van der Waals surface area contributed by atoms with Crippen LogP contribution in [0.5, 0.6) is 0 Å². The Bertz CT molecular complexity index is 132. The summed E-state index contributed by atoms with van der Waals surface area (Å²) in [7, 11) is 0. The third kappa shape index (κ3) is 4.97. The number of nitrogens with one attached hydrogen (secondary N) is 1. The molecule has 1 heteroatoms. The normalized spacial score (nSPS) is 21.3. The molecule has 0 atom stereocenters. The van der Waals surface area contributed by atoms with Crippen molar-refractivity contribution in [2.45, 2.75) is 64.3 Å². The lowest BCUT2D eigenvalue weighted by Gasteiger charge is -2.19. The molecule has 0 saturated heterocycles. The maximum Gasteiger partial charge on any atom is 0.0255 e. The van der Waals surface area contributed by atoms with Crippen molar-refractivity contribution in [3.63, 3.8) is 0 Å². The number of hydrogen-bond acceptors (Lipinski definition) is 1. The Morgan fingerprint density at radius 1 is 1.08 bits per heavy atom. The van der Waals surface area contributed by atoms with Crippen LogP contribution < -0.4 is 5.32 Å². The highest BCUT2D eigenvalue weighted by molar-refractivity contribution is 4.82. The SMILES string of the molecule is CC/C=C/NC1CCCCCCC1. The van der Waals surface area contributed by atoms with E-state index in [0.717, 1.165) is 12.5 Å². The zero-order chi connectivity index (χ0) is 9.36. The van der Waals surface area contributed by atoms with Gasteiger partial charge in [-0.3, -0.25) is 0 Å². The van der Waals surface area contributed by atoms with E-state index >= 15 is 0 Å². The van der Waals surface area contributed by atoms with Crippen molar-refractivity contribution in [2.24, 2.45) is 0 Å². The van der Waals surface area contributed by atoms with Gasteiger partial charge in [-0.15, -0.1) is 0 Å². The summed E-state index contributed by atoms with van der Waals surface area (Å²) in [4.78, 5) is 0. The van der Waals surface area contributed by atoms with Crippen LogP contribution in [0.1, 0.15) is 58.3 Å². The second kappa shape index (κ2) is 6.99. The fourth-order valence-corrected chi connectivity index (χ4v) is 1.94. The minimum Gasteiger partial charge on any atom is -0.388 e. The Morgan fingerprint density at radius 3 is 2.31 bits per heavy atom. The fraction of sp³-hybridized carbons (Fsp3) is 0.833. The Hall–Kier alpha value is -0.460. The molecule has 0 aromatic carbocycles. The predicted molar refractivity (Wildman–Crippen MR) is 58.7 cm³/mol. The lowest BCUT2D eigenvalue weighted by molar-refractivity contribution is 0.420. The first kappa shape index (κ1) is 10.6. The molecule has 1 nitrogen and oxygen atoms in total. The quantitative estimate of drug-likeness (QED) is 0.701. The van der Waals surface area contributed by atoms with Crippen molar-refractivity contribution in [3.8, 4) is 0 Å². The summed E-state index contributed by atoms with van der Waals surface area (Å²) in [5, 5.41) is 3.51. The number of allylic oxidation sites excluding steroid dienone is 1. The topological polar surface area (TPSA) is 12.0 Å². The molecule has 1 aliphatic carbocycles. The first-order valence-electron chi connectivity index (χ1n) is 5.84. The molecule has 0 aromatic heterocycles. The van der Waals surface area contributed by atoms with Crippen molar-refractivity contribution in [1.29, 1.82) is 0 Å². The van der Waals surface area contributed by atoms with Gasteiger partial charge in [-0.05, 0) is 25.5 Å². The van der Waals surface area contributed by atoms with E-state index in [1.807, 2.05) is 0 Å². The largest absolute Gasteiger partial charge is 0.388 e. The molecule has 0 amide bonds. The average Bonchev–Trinajstić information content (AvgIpc) is 2.08.